The van der Waals surface area contributed by atoms with Crippen LogP contribution in [0.5, 0.6) is 0 Å². The highest BCUT2D eigenvalue weighted by Crippen LogP contribution is 2.39. The first-order valence-electron chi connectivity index (χ1n) is 8.07. The number of carbonyl (C=O) groups excluding carboxylic acids is 1. The molecule has 0 spiro atoms. The van der Waals surface area contributed by atoms with Crippen LogP contribution >= 0.6 is 0 Å². The van der Waals surface area contributed by atoms with Crippen molar-refractivity contribution in [3.8, 4) is 0 Å². The van der Waals surface area contributed by atoms with Crippen LogP contribution in [-0.4, -0.2) is 43.2 Å². The second kappa shape index (κ2) is 6.44. The Balaban J connectivity index is 1.95. The van der Waals surface area contributed by atoms with E-state index in [2.05, 4.69) is 18.7 Å². The third kappa shape index (κ3) is 3.53. The Hall–Kier alpha value is -0.610. The molecule has 1 aliphatic carbocycles. The molecule has 0 aromatic rings. The number of likely N-dealkylation sites (tertiary alicyclic amines) is 1. The van der Waals surface area contributed by atoms with Gasteiger partial charge in [0.05, 0.1) is 7.11 Å². The van der Waals surface area contributed by atoms with Crippen molar-refractivity contribution in [3.63, 3.8) is 0 Å². The number of methoxy groups -OCH3 is 1. The number of ether oxygens (including phenoxy) is 1. The zero-order valence-corrected chi connectivity index (χ0v) is 13.2. The van der Waals surface area contributed by atoms with Gasteiger partial charge in [0, 0.05) is 6.54 Å². The quantitative estimate of drug-likeness (QED) is 0.784. The Bertz CT molecular complexity index is 341. The van der Waals surface area contributed by atoms with Gasteiger partial charge in [0.2, 0.25) is 0 Å². The van der Waals surface area contributed by atoms with Crippen LogP contribution in [0.4, 0.5) is 0 Å². The lowest BCUT2D eigenvalue weighted by atomic mass is 9.89. The number of hydrogen-bond donors (Lipinski definition) is 1. The van der Waals surface area contributed by atoms with Crippen molar-refractivity contribution in [1.82, 2.24) is 4.90 Å². The van der Waals surface area contributed by atoms with E-state index < -0.39 is 5.54 Å². The zero-order valence-electron chi connectivity index (χ0n) is 13.2. The van der Waals surface area contributed by atoms with Crippen molar-refractivity contribution < 1.29 is 9.53 Å². The van der Waals surface area contributed by atoms with E-state index in [-0.39, 0.29) is 5.97 Å². The minimum Gasteiger partial charge on any atom is -0.468 e. The maximum Gasteiger partial charge on any atom is 0.327 e. The summed E-state index contributed by atoms with van der Waals surface area (Å²) >= 11 is 0. The van der Waals surface area contributed by atoms with E-state index >= 15 is 0 Å². The predicted octanol–water partition coefficient (Wildman–Crippen LogP) is 2.02. The highest BCUT2D eigenvalue weighted by molar-refractivity contribution is 5.81. The number of rotatable bonds is 5. The van der Waals surface area contributed by atoms with Crippen LogP contribution < -0.4 is 5.73 Å². The summed E-state index contributed by atoms with van der Waals surface area (Å²) in [5.41, 5.74) is 5.63. The van der Waals surface area contributed by atoms with E-state index in [1.165, 1.54) is 26.4 Å². The van der Waals surface area contributed by atoms with Gasteiger partial charge < -0.3 is 15.4 Å². The summed E-state index contributed by atoms with van der Waals surface area (Å²) in [5.74, 6) is 1.65. The number of esters is 1. The van der Waals surface area contributed by atoms with Crippen LogP contribution in [0.2, 0.25) is 0 Å². The largest absolute Gasteiger partial charge is 0.468 e. The van der Waals surface area contributed by atoms with E-state index in [1.54, 1.807) is 0 Å². The van der Waals surface area contributed by atoms with Crippen molar-refractivity contribution >= 4 is 5.97 Å². The van der Waals surface area contributed by atoms with Crippen LogP contribution in [0.15, 0.2) is 0 Å². The van der Waals surface area contributed by atoms with Gasteiger partial charge in [0.1, 0.15) is 5.54 Å². The lowest BCUT2D eigenvalue weighted by molar-refractivity contribution is -0.148. The molecule has 116 valence electrons. The normalized spacial score (nSPS) is 27.9. The molecule has 2 atom stereocenters. The first-order chi connectivity index (χ1) is 9.47. The van der Waals surface area contributed by atoms with Crippen LogP contribution in [0.3, 0.4) is 0 Å². The molecule has 0 bridgehead atoms. The van der Waals surface area contributed by atoms with Gasteiger partial charge >= 0.3 is 5.97 Å². The maximum absolute atomic E-state index is 12.1. The summed E-state index contributed by atoms with van der Waals surface area (Å²) in [7, 11) is 1.45. The average Bonchev–Trinajstić information content (AvgIpc) is 3.24. The highest BCUT2D eigenvalue weighted by Gasteiger charge is 2.49. The van der Waals surface area contributed by atoms with E-state index in [4.69, 9.17) is 10.5 Å². The van der Waals surface area contributed by atoms with E-state index in [0.717, 1.165) is 37.8 Å². The first-order valence-corrected chi connectivity index (χ1v) is 8.07. The fourth-order valence-corrected chi connectivity index (χ4v) is 3.53. The number of nitrogens with two attached hydrogens (primary N) is 1. The molecule has 2 rings (SSSR count). The molecule has 0 amide bonds. The molecule has 2 fully saturated rings. The molecule has 1 heterocycles. The van der Waals surface area contributed by atoms with Gasteiger partial charge in [0.15, 0.2) is 0 Å². The summed E-state index contributed by atoms with van der Waals surface area (Å²) in [5, 5.41) is 0. The fourth-order valence-electron chi connectivity index (χ4n) is 3.53. The molecule has 20 heavy (non-hydrogen) atoms. The summed E-state index contributed by atoms with van der Waals surface area (Å²) in [6, 6.07) is 0. The molecule has 2 N–H and O–H groups in total. The highest BCUT2D eigenvalue weighted by atomic mass is 16.5. The standard InChI is InChI=1S/C16H30N2O2/c1-12(2)13-5-4-9-18(10-8-13)11-16(17,14-6-7-14)15(19)20-3/h12-14H,4-11,17H2,1-3H3. The predicted molar refractivity (Wildman–Crippen MR) is 80.3 cm³/mol. The molecule has 1 saturated heterocycles. The second-order valence-corrected chi connectivity index (χ2v) is 7.02. The number of hydrogen-bond acceptors (Lipinski definition) is 4. The minimum absolute atomic E-state index is 0.232. The zero-order chi connectivity index (χ0) is 14.8. The third-order valence-electron chi connectivity index (χ3n) is 5.16. The van der Waals surface area contributed by atoms with Crippen LogP contribution in [-0.2, 0) is 9.53 Å². The second-order valence-electron chi connectivity index (χ2n) is 7.02. The molecular weight excluding hydrogens is 252 g/mol. The summed E-state index contributed by atoms with van der Waals surface area (Å²) in [4.78, 5) is 14.5. The van der Waals surface area contributed by atoms with Crippen molar-refractivity contribution in [2.75, 3.05) is 26.7 Å². The van der Waals surface area contributed by atoms with E-state index in [1.807, 2.05) is 0 Å². The molecule has 0 aromatic heterocycles. The summed E-state index contributed by atoms with van der Waals surface area (Å²) < 4.78 is 4.96. The van der Waals surface area contributed by atoms with Gasteiger partial charge in [-0.1, -0.05) is 13.8 Å². The Kier molecular flexibility index (Phi) is 5.08. The molecule has 1 saturated carbocycles. The van der Waals surface area contributed by atoms with Crippen molar-refractivity contribution in [3.05, 3.63) is 0 Å². The first kappa shape index (κ1) is 15.8. The molecule has 0 aromatic carbocycles. The monoisotopic (exact) mass is 282 g/mol. The van der Waals surface area contributed by atoms with Gasteiger partial charge in [-0.15, -0.1) is 0 Å². The van der Waals surface area contributed by atoms with Gasteiger partial charge in [-0.25, -0.2) is 0 Å². The van der Waals surface area contributed by atoms with Crippen molar-refractivity contribution in [2.45, 2.75) is 51.5 Å². The topological polar surface area (TPSA) is 55.6 Å². The van der Waals surface area contributed by atoms with Crippen LogP contribution in [0.25, 0.3) is 0 Å². The molecule has 2 aliphatic rings. The van der Waals surface area contributed by atoms with E-state index in [9.17, 15) is 4.79 Å². The number of nitrogens with zero attached hydrogens (tertiary/aromatic N) is 1. The summed E-state index contributed by atoms with van der Waals surface area (Å²) in [6.45, 7) is 7.41. The van der Waals surface area contributed by atoms with Gasteiger partial charge in [-0.3, -0.25) is 4.79 Å². The molecule has 4 nitrogen and oxygen atoms in total. The minimum atomic E-state index is -0.785. The summed E-state index contributed by atoms with van der Waals surface area (Å²) in [6.07, 6.45) is 5.86. The SMILES string of the molecule is COC(=O)C(N)(CN1CCCC(C(C)C)CC1)C1CC1. The lowest BCUT2D eigenvalue weighted by Gasteiger charge is -2.33. The Morgan fingerprint density at radius 3 is 2.55 bits per heavy atom. The Labute approximate surface area is 123 Å². The van der Waals surface area contributed by atoms with Crippen LogP contribution in [0.1, 0.15) is 46.0 Å². The van der Waals surface area contributed by atoms with Crippen molar-refractivity contribution in [2.24, 2.45) is 23.5 Å². The number of carbonyl (C=O) groups is 1. The van der Waals surface area contributed by atoms with E-state index in [0.29, 0.717) is 12.5 Å². The van der Waals surface area contributed by atoms with Gasteiger partial charge in [0.25, 0.3) is 0 Å². The molecule has 4 heteroatoms. The maximum atomic E-state index is 12.1. The van der Waals surface area contributed by atoms with Crippen molar-refractivity contribution in [1.29, 1.82) is 0 Å². The van der Waals surface area contributed by atoms with Gasteiger partial charge in [-0.2, -0.15) is 0 Å². The Morgan fingerprint density at radius 2 is 2.00 bits per heavy atom. The van der Waals surface area contributed by atoms with Gasteiger partial charge in [-0.05, 0) is 62.9 Å². The fraction of sp³-hybridized carbons (Fsp3) is 0.938. The average molecular weight is 282 g/mol. The molecule has 0 radical (unpaired) electrons. The lowest BCUT2D eigenvalue weighted by Crippen LogP contribution is -2.58. The molecule has 1 aliphatic heterocycles. The molecular formula is C16H30N2O2. The van der Waals surface area contributed by atoms with Crippen LogP contribution in [0, 0.1) is 17.8 Å². The smallest absolute Gasteiger partial charge is 0.327 e. The Morgan fingerprint density at radius 1 is 1.30 bits per heavy atom. The molecule has 2 unspecified atom stereocenters. The third-order valence-corrected chi connectivity index (χ3v) is 5.16.